The number of nitrogens with zero attached hydrogens (tertiary/aromatic N) is 1. The lowest BCUT2D eigenvalue weighted by Gasteiger charge is -2.39. The predicted octanol–water partition coefficient (Wildman–Crippen LogP) is 4.23. The van der Waals surface area contributed by atoms with Gasteiger partial charge in [0.15, 0.2) is 0 Å². The summed E-state index contributed by atoms with van der Waals surface area (Å²) in [6, 6.07) is 8.06. The summed E-state index contributed by atoms with van der Waals surface area (Å²) >= 11 is 0. The Bertz CT molecular complexity index is 411. The molecule has 27 heavy (non-hydrogen) atoms. The molecule has 1 rings (SSSR count). The van der Waals surface area contributed by atoms with Gasteiger partial charge in [-0.15, -0.1) is 0 Å². The van der Waals surface area contributed by atoms with Gasteiger partial charge in [0, 0.05) is 0 Å². The molecule has 0 heterocycles. The molecule has 4 nitrogen and oxygen atoms in total. The van der Waals surface area contributed by atoms with Crippen molar-refractivity contribution in [3.05, 3.63) is 35.9 Å². The molecule has 0 unspecified atom stereocenters. The van der Waals surface area contributed by atoms with E-state index in [9.17, 15) is 9.90 Å². The van der Waals surface area contributed by atoms with Crippen LogP contribution in [0.5, 0.6) is 0 Å². The minimum Gasteiger partial charge on any atom is -0.545 e. The number of hydrogen-bond donors (Lipinski definition) is 0. The van der Waals surface area contributed by atoms with Gasteiger partial charge in [-0.1, -0.05) is 83.7 Å². The van der Waals surface area contributed by atoms with E-state index in [2.05, 4.69) is 27.7 Å². The fourth-order valence-corrected chi connectivity index (χ4v) is 3.22. The first-order valence-electron chi connectivity index (χ1n) is 10.7. The second kappa shape index (κ2) is 18.0. The third-order valence-corrected chi connectivity index (χ3v) is 4.95. The molecule has 0 aromatic heterocycles. The van der Waals surface area contributed by atoms with Crippen LogP contribution in [0.1, 0.15) is 89.4 Å². The summed E-state index contributed by atoms with van der Waals surface area (Å²) in [5.41, 5.74) is 0.220. The molecule has 0 atom stereocenters. The summed E-state index contributed by atoms with van der Waals surface area (Å²) in [6.07, 6.45) is 11.1. The van der Waals surface area contributed by atoms with E-state index in [4.69, 9.17) is 0 Å². The third-order valence-electron chi connectivity index (χ3n) is 4.95. The van der Waals surface area contributed by atoms with Gasteiger partial charge in [-0.25, -0.2) is 0 Å². The largest absolute Gasteiger partial charge is 0.545 e. The fraction of sp³-hybridized carbons (Fsp3) is 0.696. The minimum absolute atomic E-state index is 0. The Morgan fingerprint density at radius 1 is 0.741 bits per heavy atom. The standard InChI is InChI=1S/C16H36N.C7H6O2.H2O/c1-5-9-13-17(14-10-6-2,15-11-7-3)16-12-8-4;8-7(9)6-4-2-1-3-5-6;/h5-16H2,1-4H3;1-5H,(H,8,9);1H2/q+1;;/p-1. The quantitative estimate of drug-likeness (QED) is 0.480. The molecule has 158 valence electrons. The number of carboxylic acids is 1. The van der Waals surface area contributed by atoms with Crippen LogP contribution in [0.2, 0.25) is 0 Å². The van der Waals surface area contributed by atoms with Crippen molar-refractivity contribution >= 4 is 5.97 Å². The van der Waals surface area contributed by atoms with Crippen LogP contribution >= 0.6 is 0 Å². The van der Waals surface area contributed by atoms with Crippen LogP contribution in [0.25, 0.3) is 0 Å². The highest BCUT2D eigenvalue weighted by Gasteiger charge is 2.24. The lowest BCUT2D eigenvalue weighted by atomic mass is 10.1. The number of hydrogen-bond acceptors (Lipinski definition) is 2. The maximum atomic E-state index is 10.1. The van der Waals surface area contributed by atoms with Gasteiger partial charge in [-0.2, -0.15) is 0 Å². The zero-order chi connectivity index (χ0) is 19.7. The van der Waals surface area contributed by atoms with Gasteiger partial charge in [-0.3, -0.25) is 0 Å². The van der Waals surface area contributed by atoms with E-state index in [-0.39, 0.29) is 11.0 Å². The molecule has 0 radical (unpaired) electrons. The monoisotopic (exact) mass is 381 g/mol. The van der Waals surface area contributed by atoms with Crippen LogP contribution < -0.4 is 5.11 Å². The Kier molecular flexibility index (Phi) is 18.5. The number of quaternary nitrogens is 1. The zero-order valence-corrected chi connectivity index (χ0v) is 18.1. The molecule has 0 fully saturated rings. The lowest BCUT2D eigenvalue weighted by molar-refractivity contribution is -0.929. The Morgan fingerprint density at radius 3 is 1.30 bits per heavy atom. The molecule has 2 N–H and O–H groups in total. The van der Waals surface area contributed by atoms with E-state index < -0.39 is 5.97 Å². The van der Waals surface area contributed by atoms with Crippen molar-refractivity contribution in [1.29, 1.82) is 0 Å². The molecule has 1 aromatic rings. The molecule has 0 saturated heterocycles. The van der Waals surface area contributed by atoms with Crippen molar-refractivity contribution in [2.75, 3.05) is 26.2 Å². The van der Waals surface area contributed by atoms with Crippen molar-refractivity contribution in [1.82, 2.24) is 0 Å². The van der Waals surface area contributed by atoms with Gasteiger partial charge >= 0.3 is 0 Å². The molecule has 0 spiro atoms. The Morgan fingerprint density at radius 2 is 1.07 bits per heavy atom. The van der Waals surface area contributed by atoms with Crippen molar-refractivity contribution < 1.29 is 19.9 Å². The maximum Gasteiger partial charge on any atom is 0.0786 e. The molecule has 4 heteroatoms. The predicted molar refractivity (Wildman–Crippen MR) is 114 cm³/mol. The summed E-state index contributed by atoms with van der Waals surface area (Å²) in [5, 5.41) is 10.1. The van der Waals surface area contributed by atoms with E-state index in [1.807, 2.05) is 0 Å². The van der Waals surface area contributed by atoms with E-state index in [0.717, 1.165) is 0 Å². The highest BCUT2D eigenvalue weighted by molar-refractivity contribution is 5.85. The number of aromatic carboxylic acids is 1. The van der Waals surface area contributed by atoms with Crippen LogP contribution in [-0.4, -0.2) is 42.1 Å². The average Bonchev–Trinajstić information content (AvgIpc) is 2.68. The molecule has 0 amide bonds. The van der Waals surface area contributed by atoms with Crippen LogP contribution in [0, 0.1) is 0 Å². The number of unbranched alkanes of at least 4 members (excludes halogenated alkanes) is 4. The molecule has 0 aliphatic rings. The topological polar surface area (TPSA) is 71.6 Å². The van der Waals surface area contributed by atoms with Gasteiger partial charge in [0.1, 0.15) is 0 Å². The molecule has 0 bridgehead atoms. The maximum absolute atomic E-state index is 10.1. The molecule has 0 saturated carbocycles. The molecule has 1 aromatic carbocycles. The summed E-state index contributed by atoms with van der Waals surface area (Å²) in [6.45, 7) is 15.0. The highest BCUT2D eigenvalue weighted by atomic mass is 16.4. The van der Waals surface area contributed by atoms with Crippen LogP contribution in [0.3, 0.4) is 0 Å². The Labute approximate surface area is 167 Å². The van der Waals surface area contributed by atoms with Crippen molar-refractivity contribution in [3.63, 3.8) is 0 Å². The zero-order valence-electron chi connectivity index (χ0n) is 18.1. The van der Waals surface area contributed by atoms with Crippen LogP contribution in [0.15, 0.2) is 30.3 Å². The summed E-state index contributed by atoms with van der Waals surface area (Å²) in [4.78, 5) is 10.1. The average molecular weight is 382 g/mol. The van der Waals surface area contributed by atoms with E-state index in [1.165, 1.54) is 94.2 Å². The molecular formula is C23H43NO3. The van der Waals surface area contributed by atoms with E-state index in [0.29, 0.717) is 0 Å². The Hall–Kier alpha value is -1.39. The second-order valence-electron chi connectivity index (χ2n) is 7.30. The first-order chi connectivity index (χ1) is 12.5. The number of carbonyl (C=O) groups excluding carboxylic acids is 1. The first-order valence-corrected chi connectivity index (χ1v) is 10.7. The number of rotatable bonds is 13. The fourth-order valence-electron chi connectivity index (χ4n) is 3.22. The molecule has 0 aliphatic heterocycles. The van der Waals surface area contributed by atoms with Crippen LogP contribution in [0.4, 0.5) is 0 Å². The van der Waals surface area contributed by atoms with Gasteiger partial charge in [0.25, 0.3) is 0 Å². The number of carbonyl (C=O) groups is 1. The number of benzene rings is 1. The van der Waals surface area contributed by atoms with Crippen molar-refractivity contribution in [2.24, 2.45) is 0 Å². The van der Waals surface area contributed by atoms with E-state index >= 15 is 0 Å². The number of carboxylic acid groups (broad SMARTS) is 1. The first kappa shape index (κ1) is 27.8. The highest BCUT2D eigenvalue weighted by Crippen LogP contribution is 2.16. The van der Waals surface area contributed by atoms with Gasteiger partial charge < -0.3 is 19.9 Å². The normalized spacial score (nSPS) is 10.5. The minimum atomic E-state index is -1.13. The SMILES string of the molecule is CCCC[N+](CCCC)(CCCC)CCCC.O.O=C([O-])c1ccccc1. The van der Waals surface area contributed by atoms with Gasteiger partial charge in [0.05, 0.1) is 32.1 Å². The molecular weight excluding hydrogens is 338 g/mol. The second-order valence-corrected chi connectivity index (χ2v) is 7.30. The summed E-state index contributed by atoms with van der Waals surface area (Å²) in [5.74, 6) is -1.13. The third kappa shape index (κ3) is 13.4. The Balaban J connectivity index is 0. The lowest BCUT2D eigenvalue weighted by Crippen LogP contribution is -2.50. The van der Waals surface area contributed by atoms with Crippen molar-refractivity contribution in [3.8, 4) is 0 Å². The molecule has 0 aliphatic carbocycles. The van der Waals surface area contributed by atoms with Crippen LogP contribution in [-0.2, 0) is 0 Å². The van der Waals surface area contributed by atoms with E-state index in [1.54, 1.807) is 18.2 Å². The van der Waals surface area contributed by atoms with Crippen molar-refractivity contribution in [2.45, 2.75) is 79.1 Å². The van der Waals surface area contributed by atoms with Gasteiger partial charge in [0.2, 0.25) is 0 Å². The summed E-state index contributed by atoms with van der Waals surface area (Å²) < 4.78 is 1.42. The summed E-state index contributed by atoms with van der Waals surface area (Å²) in [7, 11) is 0. The smallest absolute Gasteiger partial charge is 0.0786 e. The van der Waals surface area contributed by atoms with Gasteiger partial charge in [-0.05, 0) is 31.2 Å².